The zero-order chi connectivity index (χ0) is 14.1. The smallest absolute Gasteiger partial charge is 0.316 e. The maximum absolute atomic E-state index is 13.5. The Kier molecular flexibility index (Phi) is 3.61. The Labute approximate surface area is 111 Å². The first-order chi connectivity index (χ1) is 8.96. The molecule has 0 N–H and O–H groups in total. The van der Waals surface area contributed by atoms with E-state index in [0.717, 1.165) is 24.8 Å². The van der Waals surface area contributed by atoms with Crippen LogP contribution < -0.4 is 0 Å². The average Bonchev–Trinajstić information content (AvgIpc) is 2.38. The molecule has 1 aromatic carbocycles. The van der Waals surface area contributed by atoms with Gasteiger partial charge in [-0.1, -0.05) is 37.6 Å². The van der Waals surface area contributed by atoms with Crippen LogP contribution in [-0.4, -0.2) is 13.1 Å². The van der Waals surface area contributed by atoms with E-state index >= 15 is 0 Å². The fraction of sp³-hybridized carbons (Fsp3) is 0.533. The van der Waals surface area contributed by atoms with E-state index in [-0.39, 0.29) is 18.0 Å². The maximum Gasteiger partial charge on any atom is 0.316 e. The van der Waals surface area contributed by atoms with E-state index in [1.165, 1.54) is 26.2 Å². The molecule has 0 saturated heterocycles. The summed E-state index contributed by atoms with van der Waals surface area (Å²) in [6, 6.07) is 6.10. The summed E-state index contributed by atoms with van der Waals surface area (Å²) in [7, 11) is 1.36. The van der Waals surface area contributed by atoms with Crippen molar-refractivity contribution in [2.45, 2.75) is 43.9 Å². The summed E-state index contributed by atoms with van der Waals surface area (Å²) < 4.78 is 31.9. The average molecular weight is 268 g/mol. The summed E-state index contributed by atoms with van der Waals surface area (Å²) in [5.74, 6) is -3.08. The molecule has 0 atom stereocenters. The molecule has 1 fully saturated rings. The molecule has 1 aromatic rings. The minimum absolute atomic E-state index is 0.00177. The van der Waals surface area contributed by atoms with Gasteiger partial charge in [-0.2, -0.15) is 0 Å². The molecule has 2 nitrogen and oxygen atoms in total. The molecule has 0 spiro atoms. The van der Waals surface area contributed by atoms with Crippen molar-refractivity contribution in [3.8, 4) is 0 Å². The van der Waals surface area contributed by atoms with Crippen molar-refractivity contribution >= 4 is 5.97 Å². The Balaban J connectivity index is 2.30. The maximum atomic E-state index is 13.5. The van der Waals surface area contributed by atoms with Gasteiger partial charge in [0.15, 0.2) is 0 Å². The van der Waals surface area contributed by atoms with Gasteiger partial charge in [0, 0.05) is 12.0 Å². The fourth-order valence-electron chi connectivity index (χ4n) is 2.57. The summed E-state index contributed by atoms with van der Waals surface area (Å²) in [4.78, 5) is 11.9. The minimum Gasteiger partial charge on any atom is -0.468 e. The van der Waals surface area contributed by atoms with Crippen molar-refractivity contribution in [1.82, 2.24) is 0 Å². The van der Waals surface area contributed by atoms with Crippen molar-refractivity contribution in [1.29, 1.82) is 0 Å². The summed E-state index contributed by atoms with van der Waals surface area (Å²) in [5, 5.41) is 0. The monoisotopic (exact) mass is 268 g/mol. The fourth-order valence-corrected chi connectivity index (χ4v) is 2.57. The Bertz CT molecular complexity index is 462. The molecule has 19 heavy (non-hydrogen) atoms. The molecule has 1 saturated carbocycles. The molecule has 0 aliphatic heterocycles. The molecule has 0 unspecified atom stereocenters. The van der Waals surface area contributed by atoms with Crippen LogP contribution in [0.4, 0.5) is 8.78 Å². The van der Waals surface area contributed by atoms with Crippen LogP contribution in [0.5, 0.6) is 0 Å². The number of halogens is 2. The first-order valence-electron chi connectivity index (χ1n) is 6.53. The molecular formula is C15H18F2O2. The number of hydrogen-bond acceptors (Lipinski definition) is 2. The topological polar surface area (TPSA) is 26.3 Å². The molecule has 104 valence electrons. The van der Waals surface area contributed by atoms with Gasteiger partial charge in [0.05, 0.1) is 12.5 Å². The highest BCUT2D eigenvalue weighted by atomic mass is 19.3. The number of methoxy groups -OCH3 is 1. The second-order valence-corrected chi connectivity index (χ2v) is 5.06. The molecule has 0 radical (unpaired) electrons. The van der Waals surface area contributed by atoms with Crippen molar-refractivity contribution in [2.75, 3.05) is 7.11 Å². The predicted molar refractivity (Wildman–Crippen MR) is 68.2 cm³/mol. The number of alkyl halides is 2. The molecule has 1 aliphatic rings. The number of carbonyl (C=O) groups is 1. The third kappa shape index (κ3) is 2.24. The van der Waals surface area contributed by atoms with Crippen LogP contribution in [-0.2, 0) is 20.9 Å². The first kappa shape index (κ1) is 14.0. The van der Waals surface area contributed by atoms with Crippen molar-refractivity contribution in [3.05, 3.63) is 35.4 Å². The van der Waals surface area contributed by atoms with Gasteiger partial charge in [-0.3, -0.25) is 4.79 Å². The van der Waals surface area contributed by atoms with Gasteiger partial charge < -0.3 is 4.74 Å². The highest BCUT2D eigenvalue weighted by Gasteiger charge is 2.46. The lowest BCUT2D eigenvalue weighted by Gasteiger charge is -2.39. The van der Waals surface area contributed by atoms with Gasteiger partial charge >= 0.3 is 5.97 Å². The lowest BCUT2D eigenvalue weighted by atomic mass is 9.64. The van der Waals surface area contributed by atoms with E-state index in [4.69, 9.17) is 4.74 Å². The van der Waals surface area contributed by atoms with E-state index in [9.17, 15) is 13.6 Å². The second kappa shape index (κ2) is 4.91. The van der Waals surface area contributed by atoms with E-state index in [0.29, 0.717) is 0 Å². The van der Waals surface area contributed by atoms with Gasteiger partial charge in [0.25, 0.3) is 5.92 Å². The van der Waals surface area contributed by atoms with Gasteiger partial charge in [-0.15, -0.1) is 0 Å². The van der Waals surface area contributed by atoms with Crippen LogP contribution in [0.2, 0.25) is 0 Å². The highest BCUT2D eigenvalue weighted by Crippen LogP contribution is 2.45. The molecule has 2 rings (SSSR count). The normalized spacial score (nSPS) is 17.7. The second-order valence-electron chi connectivity index (χ2n) is 5.06. The Morgan fingerprint density at radius 2 is 1.89 bits per heavy atom. The Hall–Kier alpha value is -1.45. The van der Waals surface area contributed by atoms with Gasteiger partial charge in [0.1, 0.15) is 0 Å². The zero-order valence-corrected chi connectivity index (χ0v) is 11.2. The quantitative estimate of drug-likeness (QED) is 0.777. The van der Waals surface area contributed by atoms with Gasteiger partial charge in [0.2, 0.25) is 0 Å². The van der Waals surface area contributed by atoms with Crippen LogP contribution in [0.25, 0.3) is 0 Å². The van der Waals surface area contributed by atoms with Crippen LogP contribution >= 0.6 is 0 Å². The Morgan fingerprint density at radius 1 is 1.32 bits per heavy atom. The summed E-state index contributed by atoms with van der Waals surface area (Å²) >= 11 is 0. The first-order valence-corrected chi connectivity index (χ1v) is 6.53. The van der Waals surface area contributed by atoms with Crippen LogP contribution in [0.1, 0.15) is 43.7 Å². The number of rotatable bonds is 4. The van der Waals surface area contributed by atoms with Crippen LogP contribution in [0, 0.1) is 0 Å². The summed E-state index contributed by atoms with van der Waals surface area (Å²) in [6.07, 6.45) is 2.18. The van der Waals surface area contributed by atoms with Gasteiger partial charge in [-0.25, -0.2) is 8.78 Å². The van der Waals surface area contributed by atoms with Crippen LogP contribution in [0.15, 0.2) is 24.3 Å². The molecule has 0 amide bonds. The third-order valence-corrected chi connectivity index (χ3v) is 4.09. The molecule has 1 aliphatic carbocycles. The molecular weight excluding hydrogens is 250 g/mol. The van der Waals surface area contributed by atoms with Crippen molar-refractivity contribution in [2.24, 2.45) is 0 Å². The standard InChI is InChI=1S/C15H18F2O2/c1-3-15(16,17)12-7-5-11(6-8-12)14(9-4-10-14)13(18)19-2/h5-8H,3-4,9-10H2,1-2H3. The SMILES string of the molecule is CCC(F)(F)c1ccc(C2(C(=O)OC)CCC2)cc1. The van der Waals surface area contributed by atoms with Gasteiger partial charge in [-0.05, 0) is 18.4 Å². The van der Waals surface area contributed by atoms with Crippen molar-refractivity contribution in [3.63, 3.8) is 0 Å². The summed E-state index contributed by atoms with van der Waals surface area (Å²) in [6.45, 7) is 1.45. The summed E-state index contributed by atoms with van der Waals surface area (Å²) in [5.41, 5.74) is 0.161. The minimum atomic E-state index is -2.81. The number of hydrogen-bond donors (Lipinski definition) is 0. The largest absolute Gasteiger partial charge is 0.468 e. The molecule has 0 aromatic heterocycles. The Morgan fingerprint density at radius 3 is 2.26 bits per heavy atom. The highest BCUT2D eigenvalue weighted by molar-refractivity contribution is 5.84. The van der Waals surface area contributed by atoms with E-state index in [1.807, 2.05) is 0 Å². The number of esters is 1. The van der Waals surface area contributed by atoms with E-state index < -0.39 is 11.3 Å². The number of ether oxygens (including phenoxy) is 1. The number of carbonyl (C=O) groups excluding carboxylic acids is 1. The zero-order valence-electron chi connectivity index (χ0n) is 11.2. The lowest BCUT2D eigenvalue weighted by molar-refractivity contribution is -0.151. The van der Waals surface area contributed by atoms with E-state index in [1.54, 1.807) is 12.1 Å². The lowest BCUT2D eigenvalue weighted by Crippen LogP contribution is -2.43. The van der Waals surface area contributed by atoms with E-state index in [2.05, 4.69) is 0 Å². The third-order valence-electron chi connectivity index (χ3n) is 4.09. The number of benzene rings is 1. The predicted octanol–water partition coefficient (Wildman–Crippen LogP) is 3.78. The molecule has 0 heterocycles. The van der Waals surface area contributed by atoms with Crippen molar-refractivity contribution < 1.29 is 18.3 Å². The molecule has 4 heteroatoms. The molecule has 0 bridgehead atoms. The van der Waals surface area contributed by atoms with Crippen LogP contribution in [0.3, 0.4) is 0 Å².